The molecule has 0 unspecified atom stereocenters. The molecule has 0 bridgehead atoms. The normalized spacial score (nSPS) is 26.2. The van der Waals surface area contributed by atoms with Crippen LogP contribution in [0.3, 0.4) is 0 Å². The Hall–Kier alpha value is -0.773. The summed E-state index contributed by atoms with van der Waals surface area (Å²) >= 11 is 0. The second-order valence-electron chi connectivity index (χ2n) is 6.39. The molecule has 0 saturated heterocycles. The zero-order valence-corrected chi connectivity index (χ0v) is 12.8. The van der Waals surface area contributed by atoms with Gasteiger partial charge in [-0.2, -0.15) is 0 Å². The number of carbonyl (C=O) groups excluding carboxylic acids is 1. The Morgan fingerprint density at radius 2 is 1.88 bits per heavy atom. The van der Waals surface area contributed by atoms with Crippen LogP contribution in [0.15, 0.2) is 12.3 Å². The maximum atomic E-state index is 11.6. The minimum Gasteiger partial charge on any atom is -0.548 e. The van der Waals surface area contributed by atoms with Gasteiger partial charge in [0, 0.05) is 6.42 Å². The third-order valence-electron chi connectivity index (χ3n) is 3.40. The lowest BCUT2D eigenvalue weighted by Gasteiger charge is -2.21. The maximum Gasteiger partial charge on any atom is 0.309 e. The van der Waals surface area contributed by atoms with Crippen LogP contribution < -0.4 is 0 Å². The molecule has 0 aromatic rings. The molecule has 0 amide bonds. The van der Waals surface area contributed by atoms with Crippen molar-refractivity contribution in [3.63, 3.8) is 0 Å². The Balaban J connectivity index is 2.54. The van der Waals surface area contributed by atoms with Gasteiger partial charge in [0.1, 0.15) is 0 Å². The molecular formula is C13H24O3Si. The largest absolute Gasteiger partial charge is 0.548 e. The van der Waals surface area contributed by atoms with Crippen molar-refractivity contribution in [2.45, 2.75) is 39.9 Å². The molecule has 0 N–H and O–H groups in total. The first-order chi connectivity index (χ1) is 7.59. The molecule has 0 radical (unpaired) electrons. The van der Waals surface area contributed by atoms with Crippen molar-refractivity contribution in [1.82, 2.24) is 0 Å². The third-order valence-corrected chi connectivity index (χ3v) is 4.30. The van der Waals surface area contributed by atoms with Crippen molar-refractivity contribution in [2.24, 2.45) is 17.3 Å². The van der Waals surface area contributed by atoms with E-state index in [1.807, 2.05) is 0 Å². The lowest BCUT2D eigenvalue weighted by molar-refractivity contribution is -0.143. The highest BCUT2D eigenvalue weighted by molar-refractivity contribution is 6.70. The predicted octanol–water partition coefficient (Wildman–Crippen LogP) is 3.19. The van der Waals surface area contributed by atoms with Gasteiger partial charge in [-0.15, -0.1) is 0 Å². The molecule has 0 aliphatic heterocycles. The van der Waals surface area contributed by atoms with Crippen LogP contribution >= 0.6 is 0 Å². The van der Waals surface area contributed by atoms with Gasteiger partial charge < -0.3 is 9.16 Å². The van der Waals surface area contributed by atoms with Gasteiger partial charge in [0.25, 0.3) is 0 Å². The summed E-state index contributed by atoms with van der Waals surface area (Å²) in [6.45, 7) is 14.6. The first-order valence-electron chi connectivity index (χ1n) is 6.04. The van der Waals surface area contributed by atoms with Crippen LogP contribution in [-0.4, -0.2) is 21.4 Å². The van der Waals surface area contributed by atoms with Gasteiger partial charge in [0.05, 0.1) is 18.8 Å². The fraction of sp³-hybridized carbons (Fsp3) is 0.769. The molecule has 0 heterocycles. The van der Waals surface area contributed by atoms with Crippen molar-refractivity contribution in [2.75, 3.05) is 7.11 Å². The Morgan fingerprint density at radius 1 is 1.35 bits per heavy atom. The van der Waals surface area contributed by atoms with E-state index in [4.69, 9.17) is 9.16 Å². The highest BCUT2D eigenvalue weighted by Gasteiger charge is 2.62. The second-order valence-corrected chi connectivity index (χ2v) is 10.8. The molecule has 3 nitrogen and oxygen atoms in total. The zero-order valence-electron chi connectivity index (χ0n) is 11.8. The molecule has 1 saturated carbocycles. The Labute approximate surface area is 105 Å². The summed E-state index contributed by atoms with van der Waals surface area (Å²) in [7, 11) is -0.133. The minimum atomic E-state index is -1.58. The fourth-order valence-electron chi connectivity index (χ4n) is 2.44. The standard InChI is InChI=1S/C13H24O3Si/c1-9(16-17(5,6)7)8-10-11(12(14)15-4)13(10,2)3/h10-11H,1,8H2,2-7H3/t10-,11-/m0/s1. The minimum absolute atomic E-state index is 0.00511. The van der Waals surface area contributed by atoms with Crippen LogP contribution in [0.25, 0.3) is 0 Å². The number of carbonyl (C=O) groups is 1. The molecule has 1 aliphatic carbocycles. The lowest BCUT2D eigenvalue weighted by atomic mass is 10.1. The molecule has 0 spiro atoms. The summed E-state index contributed by atoms with van der Waals surface area (Å²) in [5.41, 5.74) is 0.0127. The van der Waals surface area contributed by atoms with Gasteiger partial charge in [-0.05, 0) is 31.0 Å². The van der Waals surface area contributed by atoms with Crippen molar-refractivity contribution < 1.29 is 14.0 Å². The summed E-state index contributed by atoms with van der Waals surface area (Å²) in [5.74, 6) is 1.00. The number of methoxy groups -OCH3 is 1. The number of hydrogen-bond donors (Lipinski definition) is 0. The lowest BCUT2D eigenvalue weighted by Crippen LogP contribution is -2.24. The van der Waals surface area contributed by atoms with Gasteiger partial charge >= 0.3 is 5.97 Å². The Morgan fingerprint density at radius 3 is 2.29 bits per heavy atom. The van der Waals surface area contributed by atoms with E-state index in [0.29, 0.717) is 5.92 Å². The molecule has 4 heteroatoms. The van der Waals surface area contributed by atoms with Gasteiger partial charge in [-0.25, -0.2) is 0 Å². The smallest absolute Gasteiger partial charge is 0.309 e. The number of ether oxygens (including phenoxy) is 1. The van der Waals surface area contributed by atoms with Crippen LogP contribution in [0, 0.1) is 17.3 Å². The van der Waals surface area contributed by atoms with E-state index in [1.54, 1.807) is 0 Å². The fourth-order valence-corrected chi connectivity index (χ4v) is 3.39. The van der Waals surface area contributed by atoms with E-state index in [-0.39, 0.29) is 17.3 Å². The molecular weight excluding hydrogens is 232 g/mol. The number of esters is 1. The summed E-state index contributed by atoms with van der Waals surface area (Å²) in [6.07, 6.45) is 0.761. The van der Waals surface area contributed by atoms with Gasteiger partial charge in [-0.3, -0.25) is 4.79 Å². The molecule has 0 aromatic carbocycles. The average molecular weight is 256 g/mol. The van der Waals surface area contributed by atoms with Crippen LogP contribution in [0.5, 0.6) is 0 Å². The molecule has 17 heavy (non-hydrogen) atoms. The topological polar surface area (TPSA) is 35.5 Å². The van der Waals surface area contributed by atoms with Crippen LogP contribution in [-0.2, 0) is 14.0 Å². The summed E-state index contributed by atoms with van der Waals surface area (Å²) in [4.78, 5) is 11.6. The van der Waals surface area contributed by atoms with E-state index in [2.05, 4.69) is 40.1 Å². The zero-order chi connectivity index (χ0) is 13.4. The molecule has 2 atom stereocenters. The first-order valence-corrected chi connectivity index (χ1v) is 9.45. The summed E-state index contributed by atoms with van der Waals surface area (Å²) < 4.78 is 10.7. The number of rotatable bonds is 5. The number of hydrogen-bond acceptors (Lipinski definition) is 3. The number of allylic oxidation sites excluding steroid dienone is 1. The molecule has 0 aromatic heterocycles. The van der Waals surface area contributed by atoms with Crippen molar-refractivity contribution in [1.29, 1.82) is 0 Å². The highest BCUT2D eigenvalue weighted by atomic mass is 28.4. The van der Waals surface area contributed by atoms with Crippen molar-refractivity contribution in [3.8, 4) is 0 Å². The van der Waals surface area contributed by atoms with Gasteiger partial charge in [-0.1, -0.05) is 20.4 Å². The van der Waals surface area contributed by atoms with Gasteiger partial charge in [0.2, 0.25) is 8.32 Å². The van der Waals surface area contributed by atoms with E-state index >= 15 is 0 Å². The Kier molecular flexibility index (Phi) is 3.77. The van der Waals surface area contributed by atoms with Crippen molar-refractivity contribution in [3.05, 3.63) is 12.3 Å². The van der Waals surface area contributed by atoms with Crippen LogP contribution in [0.1, 0.15) is 20.3 Å². The first kappa shape index (κ1) is 14.3. The summed E-state index contributed by atoms with van der Waals surface area (Å²) in [6, 6.07) is 0. The van der Waals surface area contributed by atoms with Crippen molar-refractivity contribution >= 4 is 14.3 Å². The quantitative estimate of drug-likeness (QED) is 0.430. The predicted molar refractivity (Wildman–Crippen MR) is 71.0 cm³/mol. The van der Waals surface area contributed by atoms with E-state index in [9.17, 15) is 4.79 Å². The summed E-state index contributed by atoms with van der Waals surface area (Å²) in [5, 5.41) is 0. The SMILES string of the molecule is C=C(C[C@H]1[C@@H](C(=O)OC)C1(C)C)O[Si](C)(C)C. The molecule has 1 fully saturated rings. The molecule has 1 aliphatic rings. The monoisotopic (exact) mass is 256 g/mol. The average Bonchev–Trinajstić information content (AvgIpc) is 2.63. The van der Waals surface area contributed by atoms with Crippen LogP contribution in [0.2, 0.25) is 19.6 Å². The second kappa shape index (κ2) is 4.48. The van der Waals surface area contributed by atoms with Gasteiger partial charge in [0.15, 0.2) is 0 Å². The van der Waals surface area contributed by atoms with E-state index < -0.39 is 8.32 Å². The maximum absolute atomic E-state index is 11.6. The molecule has 1 rings (SSSR count). The van der Waals surface area contributed by atoms with E-state index in [0.717, 1.165) is 12.2 Å². The Bertz CT molecular complexity index is 328. The third kappa shape index (κ3) is 3.34. The van der Waals surface area contributed by atoms with Crippen LogP contribution in [0.4, 0.5) is 0 Å². The van der Waals surface area contributed by atoms with E-state index in [1.165, 1.54) is 7.11 Å². The highest BCUT2D eigenvalue weighted by Crippen LogP contribution is 2.61. The molecule has 98 valence electrons.